The molecule has 1 aromatic rings. The van der Waals surface area contributed by atoms with E-state index in [1.54, 1.807) is 12.1 Å². The second kappa shape index (κ2) is 5.72. The number of ketones is 1. The second-order valence-corrected chi connectivity index (χ2v) is 4.09. The normalized spacial score (nSPS) is 10.1. The van der Waals surface area contributed by atoms with Crippen LogP contribution in [-0.4, -0.2) is 24.4 Å². The van der Waals surface area contributed by atoms with E-state index in [4.69, 9.17) is 0 Å². The molecule has 0 unspecified atom stereocenters. The van der Waals surface area contributed by atoms with Crippen LogP contribution in [0.5, 0.6) is 0 Å². The lowest BCUT2D eigenvalue weighted by Gasteiger charge is -2.02. The van der Waals surface area contributed by atoms with E-state index in [0.29, 0.717) is 10.0 Å². The quantitative estimate of drug-likeness (QED) is 0.614. The SMILES string of the molecule is COCC(=O)Cc1cc(Br)ccc1[N+](=O)[O-]. The summed E-state index contributed by atoms with van der Waals surface area (Å²) in [5.74, 6) is -0.191. The van der Waals surface area contributed by atoms with Crippen LogP contribution in [0, 0.1) is 10.1 Å². The van der Waals surface area contributed by atoms with Crippen molar-refractivity contribution in [1.82, 2.24) is 0 Å². The number of nitrogens with zero attached hydrogens (tertiary/aromatic N) is 1. The molecule has 0 aliphatic rings. The van der Waals surface area contributed by atoms with Gasteiger partial charge in [0.2, 0.25) is 0 Å². The van der Waals surface area contributed by atoms with Gasteiger partial charge in [0.15, 0.2) is 5.78 Å². The van der Waals surface area contributed by atoms with Crippen LogP contribution in [0.25, 0.3) is 0 Å². The lowest BCUT2D eigenvalue weighted by Crippen LogP contribution is -2.11. The van der Waals surface area contributed by atoms with E-state index in [2.05, 4.69) is 20.7 Å². The Morgan fingerprint density at radius 1 is 1.56 bits per heavy atom. The molecular formula is C10H10BrNO4. The minimum atomic E-state index is -0.498. The molecule has 5 nitrogen and oxygen atoms in total. The number of methoxy groups -OCH3 is 1. The number of Topliss-reactive ketones (excluding diaryl/α,β-unsaturated/α-hetero) is 1. The largest absolute Gasteiger partial charge is 0.377 e. The third kappa shape index (κ3) is 3.39. The van der Waals surface area contributed by atoms with Crippen molar-refractivity contribution in [3.8, 4) is 0 Å². The van der Waals surface area contributed by atoms with E-state index in [0.717, 1.165) is 0 Å². The standard InChI is InChI=1S/C10H10BrNO4/c1-16-6-9(13)5-7-4-8(11)2-3-10(7)12(14)15/h2-4H,5-6H2,1H3. The van der Waals surface area contributed by atoms with Crippen LogP contribution < -0.4 is 0 Å². The Labute approximate surface area is 101 Å². The van der Waals surface area contributed by atoms with Gasteiger partial charge in [-0.25, -0.2) is 0 Å². The molecule has 0 fully saturated rings. The number of rotatable bonds is 5. The van der Waals surface area contributed by atoms with Crippen LogP contribution in [0.3, 0.4) is 0 Å². The van der Waals surface area contributed by atoms with Gasteiger partial charge in [-0.1, -0.05) is 15.9 Å². The molecule has 16 heavy (non-hydrogen) atoms. The molecule has 1 aromatic carbocycles. The van der Waals surface area contributed by atoms with Gasteiger partial charge in [-0.2, -0.15) is 0 Å². The van der Waals surface area contributed by atoms with Gasteiger partial charge in [0.05, 0.1) is 4.92 Å². The number of carbonyl (C=O) groups excluding carboxylic acids is 1. The molecule has 0 radical (unpaired) electrons. The van der Waals surface area contributed by atoms with E-state index in [1.807, 2.05) is 0 Å². The summed E-state index contributed by atoms with van der Waals surface area (Å²) in [5.41, 5.74) is 0.342. The minimum Gasteiger partial charge on any atom is -0.377 e. The Bertz CT molecular complexity index is 419. The van der Waals surface area contributed by atoms with E-state index in [9.17, 15) is 14.9 Å². The van der Waals surface area contributed by atoms with Crippen molar-refractivity contribution in [2.45, 2.75) is 6.42 Å². The summed E-state index contributed by atoms with van der Waals surface area (Å²) in [4.78, 5) is 21.6. The zero-order valence-electron chi connectivity index (χ0n) is 8.60. The van der Waals surface area contributed by atoms with Gasteiger partial charge in [-0.3, -0.25) is 14.9 Å². The molecule has 0 saturated carbocycles. The molecule has 6 heteroatoms. The third-order valence-corrected chi connectivity index (χ3v) is 2.42. The summed E-state index contributed by atoms with van der Waals surface area (Å²) in [6, 6.07) is 4.52. The highest BCUT2D eigenvalue weighted by atomic mass is 79.9. The molecule has 0 aliphatic carbocycles. The van der Waals surface area contributed by atoms with E-state index in [-0.39, 0.29) is 24.5 Å². The summed E-state index contributed by atoms with van der Waals surface area (Å²) >= 11 is 3.21. The van der Waals surface area contributed by atoms with Crippen molar-refractivity contribution in [1.29, 1.82) is 0 Å². The van der Waals surface area contributed by atoms with Crippen molar-refractivity contribution in [3.05, 3.63) is 38.3 Å². The van der Waals surface area contributed by atoms with Gasteiger partial charge in [0, 0.05) is 29.6 Å². The summed E-state index contributed by atoms with van der Waals surface area (Å²) < 4.78 is 5.38. The van der Waals surface area contributed by atoms with Crippen LogP contribution in [0.4, 0.5) is 5.69 Å². The van der Waals surface area contributed by atoms with Crippen LogP contribution in [0.2, 0.25) is 0 Å². The Hall–Kier alpha value is -1.27. The molecule has 86 valence electrons. The fraction of sp³-hybridized carbons (Fsp3) is 0.300. The van der Waals surface area contributed by atoms with Gasteiger partial charge in [0.25, 0.3) is 5.69 Å². The first-order chi connectivity index (χ1) is 7.54. The number of benzene rings is 1. The Morgan fingerprint density at radius 2 is 2.25 bits per heavy atom. The summed E-state index contributed by atoms with van der Waals surface area (Å²) in [5, 5.41) is 10.7. The second-order valence-electron chi connectivity index (χ2n) is 3.18. The number of hydrogen-bond acceptors (Lipinski definition) is 4. The number of halogens is 1. The minimum absolute atomic E-state index is 0.00356. The molecule has 0 spiro atoms. The molecule has 0 atom stereocenters. The average molecular weight is 288 g/mol. The van der Waals surface area contributed by atoms with Gasteiger partial charge < -0.3 is 4.74 Å². The lowest BCUT2D eigenvalue weighted by molar-refractivity contribution is -0.385. The first-order valence-corrected chi connectivity index (χ1v) is 5.27. The molecular weight excluding hydrogens is 278 g/mol. The van der Waals surface area contributed by atoms with Crippen LogP contribution >= 0.6 is 15.9 Å². The molecule has 0 aromatic heterocycles. The Kier molecular flexibility index (Phi) is 4.57. The summed E-state index contributed by atoms with van der Waals surface area (Å²) in [7, 11) is 1.41. The highest BCUT2D eigenvalue weighted by Crippen LogP contribution is 2.23. The zero-order chi connectivity index (χ0) is 12.1. The topological polar surface area (TPSA) is 69.4 Å². The maximum absolute atomic E-state index is 11.3. The molecule has 0 N–H and O–H groups in total. The van der Waals surface area contributed by atoms with E-state index < -0.39 is 4.92 Å². The van der Waals surface area contributed by atoms with E-state index >= 15 is 0 Å². The highest BCUT2D eigenvalue weighted by Gasteiger charge is 2.16. The Balaban J connectivity index is 2.96. The van der Waals surface area contributed by atoms with Crippen molar-refractivity contribution < 1.29 is 14.5 Å². The molecule has 0 aliphatic heterocycles. The lowest BCUT2D eigenvalue weighted by atomic mass is 10.1. The maximum atomic E-state index is 11.3. The third-order valence-electron chi connectivity index (χ3n) is 1.93. The number of carbonyl (C=O) groups is 1. The smallest absolute Gasteiger partial charge is 0.273 e. The van der Waals surface area contributed by atoms with Gasteiger partial charge in [0.1, 0.15) is 6.61 Å². The number of ether oxygens (including phenoxy) is 1. The maximum Gasteiger partial charge on any atom is 0.273 e. The monoisotopic (exact) mass is 287 g/mol. The van der Waals surface area contributed by atoms with E-state index in [1.165, 1.54) is 13.2 Å². The highest BCUT2D eigenvalue weighted by molar-refractivity contribution is 9.10. The van der Waals surface area contributed by atoms with Crippen molar-refractivity contribution in [3.63, 3.8) is 0 Å². The predicted molar refractivity (Wildman–Crippen MR) is 61.4 cm³/mol. The zero-order valence-corrected chi connectivity index (χ0v) is 10.2. The van der Waals surface area contributed by atoms with Gasteiger partial charge in [-0.15, -0.1) is 0 Å². The first kappa shape index (κ1) is 12.8. The number of nitro groups is 1. The van der Waals surface area contributed by atoms with Crippen LogP contribution in [0.15, 0.2) is 22.7 Å². The fourth-order valence-electron chi connectivity index (χ4n) is 1.30. The molecule has 0 saturated heterocycles. The van der Waals surface area contributed by atoms with Crippen LogP contribution in [-0.2, 0) is 16.0 Å². The molecule has 0 heterocycles. The van der Waals surface area contributed by atoms with Crippen molar-refractivity contribution >= 4 is 27.4 Å². The summed E-state index contributed by atoms with van der Waals surface area (Å²) in [6.45, 7) is -0.0380. The number of nitro benzene ring substituents is 1. The molecule has 0 amide bonds. The number of hydrogen-bond donors (Lipinski definition) is 0. The van der Waals surface area contributed by atoms with Gasteiger partial charge >= 0.3 is 0 Å². The van der Waals surface area contributed by atoms with Crippen molar-refractivity contribution in [2.75, 3.05) is 13.7 Å². The fourth-order valence-corrected chi connectivity index (χ4v) is 1.71. The average Bonchev–Trinajstić information content (AvgIpc) is 2.17. The predicted octanol–water partition coefficient (Wildman–Crippen LogP) is 2.12. The van der Waals surface area contributed by atoms with Crippen LogP contribution in [0.1, 0.15) is 5.56 Å². The van der Waals surface area contributed by atoms with Crippen molar-refractivity contribution in [2.24, 2.45) is 0 Å². The molecule has 0 bridgehead atoms. The molecule has 1 rings (SSSR count). The first-order valence-electron chi connectivity index (χ1n) is 4.48. The Morgan fingerprint density at radius 3 is 2.81 bits per heavy atom. The van der Waals surface area contributed by atoms with Gasteiger partial charge in [-0.05, 0) is 12.1 Å². The summed E-state index contributed by atoms with van der Waals surface area (Å²) in [6.07, 6.45) is 0.00356.